The summed E-state index contributed by atoms with van der Waals surface area (Å²) in [5.74, 6) is -2.05. The van der Waals surface area contributed by atoms with Gasteiger partial charge in [0, 0.05) is 26.2 Å². The molecule has 0 aliphatic carbocycles. The van der Waals surface area contributed by atoms with Gasteiger partial charge in [0.15, 0.2) is 0 Å². The van der Waals surface area contributed by atoms with E-state index in [0.717, 1.165) is 0 Å². The Morgan fingerprint density at radius 2 is 1.06 bits per heavy atom. The summed E-state index contributed by atoms with van der Waals surface area (Å²) in [6.45, 7) is 15.1. The van der Waals surface area contributed by atoms with Crippen molar-refractivity contribution < 1.29 is 43.3 Å². The van der Waals surface area contributed by atoms with E-state index in [0.29, 0.717) is 0 Å². The normalized spacial score (nSPS) is 12.6. The van der Waals surface area contributed by atoms with Gasteiger partial charge < -0.3 is 40.2 Å². The molecule has 0 aromatic carbocycles. The number of carbonyl (C=O) groups is 5. The van der Waals surface area contributed by atoms with Crippen LogP contribution in [0.1, 0.15) is 68.7 Å². The summed E-state index contributed by atoms with van der Waals surface area (Å²) in [5.41, 5.74) is -2.28. The van der Waals surface area contributed by atoms with Gasteiger partial charge in [0.05, 0.1) is 6.42 Å². The van der Waals surface area contributed by atoms with Crippen molar-refractivity contribution >= 4 is 30.2 Å². The van der Waals surface area contributed by atoms with Gasteiger partial charge in [-0.3, -0.25) is 4.79 Å². The minimum absolute atomic E-state index is 0.00429. The maximum Gasteiger partial charge on any atom is 0.408 e. The SMILES string of the molecule is CC(C)(C)OC(=O)NCCN(CCNC(=O)OC(C)(C)C)C(=O)C[C@H](NC(=O)OC(C)(C)C)C(=O)O. The number of hydrogen-bond acceptors (Lipinski definition) is 8. The third kappa shape index (κ3) is 17.2. The molecule has 13 nitrogen and oxygen atoms in total. The monoisotopic (exact) mass is 518 g/mol. The third-order valence-electron chi connectivity index (χ3n) is 3.82. The Morgan fingerprint density at radius 1 is 0.694 bits per heavy atom. The number of aliphatic carboxylic acids is 1. The number of alkyl carbamates (subject to hydrolysis) is 3. The van der Waals surface area contributed by atoms with Crippen LogP contribution in [-0.4, -0.2) is 89.2 Å². The average molecular weight is 519 g/mol. The Bertz CT molecular complexity index is 746. The number of nitrogens with zero attached hydrogens (tertiary/aromatic N) is 1. The van der Waals surface area contributed by atoms with Crippen LogP contribution < -0.4 is 16.0 Å². The van der Waals surface area contributed by atoms with Crippen molar-refractivity contribution in [3.63, 3.8) is 0 Å². The van der Waals surface area contributed by atoms with Gasteiger partial charge in [-0.25, -0.2) is 19.2 Å². The van der Waals surface area contributed by atoms with Crippen molar-refractivity contribution in [2.75, 3.05) is 26.2 Å². The highest BCUT2D eigenvalue weighted by atomic mass is 16.6. The molecular weight excluding hydrogens is 476 g/mol. The van der Waals surface area contributed by atoms with Crippen LogP contribution in [0.2, 0.25) is 0 Å². The number of carboxylic acid groups (broad SMARTS) is 1. The van der Waals surface area contributed by atoms with Gasteiger partial charge in [0.25, 0.3) is 0 Å². The molecule has 0 aromatic rings. The zero-order valence-electron chi connectivity index (χ0n) is 22.8. The number of hydrogen-bond donors (Lipinski definition) is 4. The Morgan fingerprint density at radius 3 is 1.39 bits per heavy atom. The molecule has 0 rings (SSSR count). The summed E-state index contributed by atoms with van der Waals surface area (Å²) in [6, 6.07) is -1.55. The molecule has 0 aliphatic heterocycles. The molecule has 0 aliphatic rings. The fourth-order valence-electron chi connectivity index (χ4n) is 2.53. The van der Waals surface area contributed by atoms with E-state index in [4.69, 9.17) is 14.2 Å². The second-order valence-electron chi connectivity index (χ2n) is 11.0. The molecule has 0 bridgehead atoms. The third-order valence-corrected chi connectivity index (χ3v) is 3.82. The van der Waals surface area contributed by atoms with Crippen molar-refractivity contribution in [3.8, 4) is 0 Å². The lowest BCUT2D eigenvalue weighted by Crippen LogP contribution is -2.49. The molecule has 0 unspecified atom stereocenters. The van der Waals surface area contributed by atoms with Gasteiger partial charge >= 0.3 is 24.2 Å². The highest BCUT2D eigenvalue weighted by Gasteiger charge is 2.28. The molecule has 0 heterocycles. The van der Waals surface area contributed by atoms with Crippen molar-refractivity contribution in [3.05, 3.63) is 0 Å². The first-order valence-corrected chi connectivity index (χ1v) is 11.6. The van der Waals surface area contributed by atoms with E-state index in [2.05, 4.69) is 16.0 Å². The number of nitrogens with one attached hydrogen (secondary N) is 3. The van der Waals surface area contributed by atoms with Gasteiger partial charge in [-0.1, -0.05) is 0 Å². The molecule has 208 valence electrons. The van der Waals surface area contributed by atoms with Crippen LogP contribution in [0.5, 0.6) is 0 Å². The van der Waals surface area contributed by atoms with E-state index in [-0.39, 0.29) is 26.2 Å². The first-order chi connectivity index (χ1) is 16.2. The van der Waals surface area contributed by atoms with E-state index in [1.54, 1.807) is 62.3 Å². The predicted molar refractivity (Wildman–Crippen MR) is 130 cm³/mol. The number of carbonyl (C=O) groups excluding carboxylic acids is 4. The summed E-state index contributed by atoms with van der Waals surface area (Å²) in [7, 11) is 0. The predicted octanol–water partition coefficient (Wildman–Crippen LogP) is 2.23. The van der Waals surface area contributed by atoms with Crippen molar-refractivity contribution in [1.29, 1.82) is 0 Å². The molecule has 0 radical (unpaired) electrons. The summed E-state index contributed by atoms with van der Waals surface area (Å²) in [6.07, 6.45) is -2.92. The van der Waals surface area contributed by atoms with Gasteiger partial charge in [0.1, 0.15) is 22.8 Å². The van der Waals surface area contributed by atoms with Crippen LogP contribution in [-0.2, 0) is 23.8 Å². The maximum atomic E-state index is 12.9. The van der Waals surface area contributed by atoms with E-state index in [1.165, 1.54) is 4.90 Å². The summed E-state index contributed by atoms with van der Waals surface area (Å²) >= 11 is 0. The number of amides is 4. The van der Waals surface area contributed by atoms with Gasteiger partial charge in [-0.2, -0.15) is 0 Å². The first-order valence-electron chi connectivity index (χ1n) is 11.6. The quantitative estimate of drug-likeness (QED) is 0.316. The Hall–Kier alpha value is -3.25. The molecule has 36 heavy (non-hydrogen) atoms. The lowest BCUT2D eigenvalue weighted by molar-refractivity contribution is -0.143. The number of rotatable bonds is 10. The molecule has 0 saturated carbocycles. The van der Waals surface area contributed by atoms with Crippen LogP contribution in [0.25, 0.3) is 0 Å². The zero-order chi connectivity index (χ0) is 28.3. The minimum Gasteiger partial charge on any atom is -0.480 e. The van der Waals surface area contributed by atoms with Crippen LogP contribution in [0, 0.1) is 0 Å². The molecule has 0 saturated heterocycles. The lowest BCUT2D eigenvalue weighted by atomic mass is 10.2. The number of ether oxygens (including phenoxy) is 3. The molecular formula is C23H42N4O9. The standard InChI is InChI=1S/C23H42N4O9/c1-21(2,3)34-18(31)24-10-12-27(13-11-25-19(32)35-22(4,5)6)16(28)14-15(17(29)30)26-20(33)36-23(7,8)9/h15H,10-14H2,1-9H3,(H,24,31)(H,25,32)(H,26,33)(H,29,30)/t15-/m0/s1. The van der Waals surface area contributed by atoms with Gasteiger partial charge in [-0.05, 0) is 62.3 Å². The van der Waals surface area contributed by atoms with Gasteiger partial charge in [-0.15, -0.1) is 0 Å². The van der Waals surface area contributed by atoms with E-state index in [9.17, 15) is 29.1 Å². The molecule has 1 atom stereocenters. The van der Waals surface area contributed by atoms with Crippen LogP contribution in [0.4, 0.5) is 14.4 Å². The highest BCUT2D eigenvalue weighted by Crippen LogP contribution is 2.09. The summed E-state index contributed by atoms with van der Waals surface area (Å²) in [5, 5.41) is 16.7. The molecule has 0 spiro atoms. The molecule has 4 N–H and O–H groups in total. The smallest absolute Gasteiger partial charge is 0.408 e. The Kier molecular flexibility index (Phi) is 12.5. The lowest BCUT2D eigenvalue weighted by Gasteiger charge is -2.26. The van der Waals surface area contributed by atoms with Crippen LogP contribution >= 0.6 is 0 Å². The molecule has 4 amide bonds. The summed E-state index contributed by atoms with van der Waals surface area (Å²) < 4.78 is 15.4. The maximum absolute atomic E-state index is 12.9. The average Bonchev–Trinajstić information content (AvgIpc) is 2.61. The van der Waals surface area contributed by atoms with Crippen LogP contribution in [0.3, 0.4) is 0 Å². The van der Waals surface area contributed by atoms with Crippen molar-refractivity contribution in [2.45, 2.75) is 91.6 Å². The highest BCUT2D eigenvalue weighted by molar-refractivity contribution is 5.87. The molecule has 13 heteroatoms. The summed E-state index contributed by atoms with van der Waals surface area (Å²) in [4.78, 5) is 61.6. The van der Waals surface area contributed by atoms with Crippen molar-refractivity contribution in [1.82, 2.24) is 20.9 Å². The molecule has 0 aromatic heterocycles. The van der Waals surface area contributed by atoms with E-state index < -0.39 is 59.4 Å². The van der Waals surface area contributed by atoms with Gasteiger partial charge in [0.2, 0.25) is 5.91 Å². The van der Waals surface area contributed by atoms with Crippen LogP contribution in [0.15, 0.2) is 0 Å². The largest absolute Gasteiger partial charge is 0.480 e. The zero-order valence-corrected chi connectivity index (χ0v) is 22.8. The Labute approximate surface area is 212 Å². The fourth-order valence-corrected chi connectivity index (χ4v) is 2.53. The minimum atomic E-state index is -1.55. The van der Waals surface area contributed by atoms with E-state index >= 15 is 0 Å². The molecule has 0 fully saturated rings. The second-order valence-corrected chi connectivity index (χ2v) is 11.0. The first kappa shape index (κ1) is 32.8. The number of carboxylic acids is 1. The van der Waals surface area contributed by atoms with Crippen molar-refractivity contribution in [2.24, 2.45) is 0 Å². The fraction of sp³-hybridized carbons (Fsp3) is 0.783. The Balaban J connectivity index is 5.22. The topological polar surface area (TPSA) is 173 Å². The second kappa shape index (κ2) is 13.7. The van der Waals surface area contributed by atoms with E-state index in [1.807, 2.05) is 0 Å².